The Morgan fingerprint density at radius 3 is 1.94 bits per heavy atom. The van der Waals surface area contributed by atoms with Crippen molar-refractivity contribution in [3.63, 3.8) is 0 Å². The number of furan rings is 1. The van der Waals surface area contributed by atoms with E-state index >= 15 is 0 Å². The average Bonchev–Trinajstić information content (AvgIpc) is 3.29. The zero-order chi connectivity index (χ0) is 24.9. The van der Waals surface area contributed by atoms with Gasteiger partial charge in [-0.1, -0.05) is 0 Å². The predicted octanol–water partition coefficient (Wildman–Crippen LogP) is 5.96. The summed E-state index contributed by atoms with van der Waals surface area (Å²) in [4.78, 5) is 13.6. The lowest BCUT2D eigenvalue weighted by molar-refractivity contribution is 0.0984. The summed E-state index contributed by atoms with van der Waals surface area (Å²) in [7, 11) is 7.90. The Labute approximate surface area is 204 Å². The number of aryl methyl sites for hydroxylation is 1. The number of hydrogen-bond donors (Lipinski definition) is 0. The van der Waals surface area contributed by atoms with Crippen molar-refractivity contribution in [1.29, 1.82) is 0 Å². The summed E-state index contributed by atoms with van der Waals surface area (Å²) in [5, 5.41) is 0.742. The van der Waals surface area contributed by atoms with Crippen LogP contribution in [0.3, 0.4) is 0 Å². The molecule has 35 heavy (non-hydrogen) atoms. The third kappa shape index (κ3) is 4.75. The first-order valence-electron chi connectivity index (χ1n) is 11.1. The van der Waals surface area contributed by atoms with Gasteiger partial charge in [-0.05, 0) is 60.5 Å². The van der Waals surface area contributed by atoms with Crippen LogP contribution in [0.1, 0.15) is 22.3 Å². The van der Waals surface area contributed by atoms with E-state index in [1.54, 1.807) is 41.6 Å². The molecule has 0 aliphatic heterocycles. The molecule has 0 saturated heterocycles. The first-order valence-corrected chi connectivity index (χ1v) is 11.1. The number of ketones is 1. The molecular weight excluding hydrogens is 448 g/mol. The molecule has 0 aliphatic rings. The number of hydrogen-bond acceptors (Lipinski definition) is 7. The van der Waals surface area contributed by atoms with Gasteiger partial charge in [0.2, 0.25) is 5.75 Å². The molecule has 0 aliphatic carbocycles. The monoisotopic (exact) mass is 476 g/mol. The van der Waals surface area contributed by atoms with Crippen molar-refractivity contribution in [2.45, 2.75) is 12.8 Å². The van der Waals surface area contributed by atoms with Gasteiger partial charge >= 0.3 is 0 Å². The van der Waals surface area contributed by atoms with Crippen LogP contribution in [0.15, 0.2) is 59.0 Å². The van der Waals surface area contributed by atoms with Crippen molar-refractivity contribution in [2.75, 3.05) is 35.5 Å². The molecule has 3 aromatic carbocycles. The van der Waals surface area contributed by atoms with Crippen molar-refractivity contribution in [2.24, 2.45) is 0 Å². The molecule has 0 atom stereocenters. The molecule has 182 valence electrons. The molecule has 0 N–H and O–H groups in total. The number of rotatable bonds is 10. The number of fused-ring (bicyclic) bond motifs is 1. The summed E-state index contributed by atoms with van der Waals surface area (Å²) in [5.41, 5.74) is 2.82. The molecule has 1 heterocycles. The van der Waals surface area contributed by atoms with Gasteiger partial charge in [-0.25, -0.2) is 0 Å². The second-order valence-corrected chi connectivity index (χ2v) is 7.85. The molecule has 0 saturated carbocycles. The Kier molecular flexibility index (Phi) is 7.15. The number of methoxy groups -OCH3 is 5. The number of carbonyl (C=O) groups excluding carboxylic acids is 1. The second-order valence-electron chi connectivity index (χ2n) is 7.85. The second kappa shape index (κ2) is 10.4. The van der Waals surface area contributed by atoms with E-state index in [4.69, 9.17) is 28.1 Å². The van der Waals surface area contributed by atoms with Crippen LogP contribution in [-0.4, -0.2) is 41.3 Å². The zero-order valence-electron chi connectivity index (χ0n) is 20.5. The summed E-state index contributed by atoms with van der Waals surface area (Å²) in [6.45, 7) is 0. The molecule has 0 radical (unpaired) electrons. The fourth-order valence-electron chi connectivity index (χ4n) is 4.09. The van der Waals surface area contributed by atoms with Gasteiger partial charge in [0.05, 0.1) is 41.1 Å². The maximum absolute atomic E-state index is 13.6. The van der Waals surface area contributed by atoms with Crippen molar-refractivity contribution >= 4 is 16.8 Å². The molecular formula is C28H28O7. The van der Waals surface area contributed by atoms with E-state index in [1.165, 1.54) is 0 Å². The van der Waals surface area contributed by atoms with E-state index in [2.05, 4.69) is 0 Å². The van der Waals surface area contributed by atoms with E-state index in [1.807, 2.05) is 48.5 Å². The van der Waals surface area contributed by atoms with Gasteiger partial charge in [0.1, 0.15) is 22.8 Å². The van der Waals surface area contributed by atoms with Crippen LogP contribution in [0.2, 0.25) is 0 Å². The third-order valence-electron chi connectivity index (χ3n) is 5.89. The largest absolute Gasteiger partial charge is 0.497 e. The molecule has 1 aromatic heterocycles. The van der Waals surface area contributed by atoms with E-state index in [0.717, 1.165) is 22.3 Å². The van der Waals surface area contributed by atoms with Crippen LogP contribution in [0.25, 0.3) is 22.3 Å². The molecule has 0 fully saturated rings. The van der Waals surface area contributed by atoms with Crippen LogP contribution in [0.4, 0.5) is 0 Å². The van der Waals surface area contributed by atoms with Gasteiger partial charge in [-0.15, -0.1) is 0 Å². The van der Waals surface area contributed by atoms with Gasteiger partial charge < -0.3 is 28.1 Å². The predicted molar refractivity (Wildman–Crippen MR) is 134 cm³/mol. The molecule has 7 heteroatoms. The number of benzene rings is 3. The standard InChI is InChI=1S/C28H28O7/c1-30-19-9-7-18(8-10-19)27-26(21-12-11-20(31-2)16-23(21)35-27)22(29)13-6-17-14-24(32-3)28(34-5)25(15-17)33-4/h7-12,14-16H,6,13H2,1-5H3. The molecule has 0 bridgehead atoms. The van der Waals surface area contributed by atoms with Gasteiger partial charge in [-0.3, -0.25) is 4.79 Å². The van der Waals surface area contributed by atoms with E-state index in [9.17, 15) is 4.79 Å². The topological polar surface area (TPSA) is 76.4 Å². The lowest BCUT2D eigenvalue weighted by Gasteiger charge is -2.14. The highest BCUT2D eigenvalue weighted by atomic mass is 16.5. The van der Waals surface area contributed by atoms with Crippen LogP contribution >= 0.6 is 0 Å². The Balaban J connectivity index is 1.71. The molecule has 0 amide bonds. The fraction of sp³-hybridized carbons (Fsp3) is 0.250. The zero-order valence-corrected chi connectivity index (χ0v) is 20.5. The average molecular weight is 477 g/mol. The third-order valence-corrected chi connectivity index (χ3v) is 5.89. The lowest BCUT2D eigenvalue weighted by atomic mass is 9.97. The number of ether oxygens (including phenoxy) is 5. The first kappa shape index (κ1) is 24.0. The van der Waals surface area contributed by atoms with Crippen LogP contribution < -0.4 is 23.7 Å². The minimum Gasteiger partial charge on any atom is -0.497 e. The highest BCUT2D eigenvalue weighted by Crippen LogP contribution is 2.40. The van der Waals surface area contributed by atoms with Crippen LogP contribution in [-0.2, 0) is 6.42 Å². The number of carbonyl (C=O) groups is 1. The summed E-state index contributed by atoms with van der Waals surface area (Å²) in [5.74, 6) is 3.48. The smallest absolute Gasteiger partial charge is 0.203 e. The minimum atomic E-state index is -0.0338. The van der Waals surface area contributed by atoms with Crippen molar-refractivity contribution < 1.29 is 32.9 Å². The maximum Gasteiger partial charge on any atom is 0.203 e. The Hall–Kier alpha value is -4.13. The van der Waals surface area contributed by atoms with Gasteiger partial charge in [0.15, 0.2) is 17.3 Å². The molecule has 0 spiro atoms. The molecule has 0 unspecified atom stereocenters. The normalized spacial score (nSPS) is 10.8. The molecule has 7 nitrogen and oxygen atoms in total. The van der Waals surface area contributed by atoms with Crippen LogP contribution in [0, 0.1) is 0 Å². The molecule has 4 rings (SSSR count). The fourth-order valence-corrected chi connectivity index (χ4v) is 4.09. The quantitative estimate of drug-likeness (QED) is 0.262. The summed E-state index contributed by atoms with van der Waals surface area (Å²) >= 11 is 0. The highest BCUT2D eigenvalue weighted by molar-refractivity contribution is 6.12. The lowest BCUT2D eigenvalue weighted by Crippen LogP contribution is -2.03. The van der Waals surface area contributed by atoms with Gasteiger partial charge in [0.25, 0.3) is 0 Å². The first-order chi connectivity index (χ1) is 17.0. The van der Waals surface area contributed by atoms with E-state index in [-0.39, 0.29) is 12.2 Å². The number of Topliss-reactive ketones (excluding diaryl/α,β-unsaturated/α-hetero) is 1. The highest BCUT2D eigenvalue weighted by Gasteiger charge is 2.23. The Bertz CT molecular complexity index is 1310. The Morgan fingerprint density at radius 1 is 0.743 bits per heavy atom. The minimum absolute atomic E-state index is 0.0338. The van der Waals surface area contributed by atoms with Gasteiger partial charge in [-0.2, -0.15) is 0 Å². The summed E-state index contributed by atoms with van der Waals surface area (Å²) in [6.07, 6.45) is 0.753. The summed E-state index contributed by atoms with van der Waals surface area (Å²) < 4.78 is 33.1. The van der Waals surface area contributed by atoms with Crippen molar-refractivity contribution in [1.82, 2.24) is 0 Å². The van der Waals surface area contributed by atoms with Crippen molar-refractivity contribution in [3.8, 4) is 40.1 Å². The summed E-state index contributed by atoms with van der Waals surface area (Å²) in [6, 6.07) is 16.6. The maximum atomic E-state index is 13.6. The van der Waals surface area contributed by atoms with E-state index in [0.29, 0.717) is 46.3 Å². The van der Waals surface area contributed by atoms with E-state index < -0.39 is 0 Å². The van der Waals surface area contributed by atoms with Crippen molar-refractivity contribution in [3.05, 3.63) is 65.7 Å². The molecule has 4 aromatic rings. The SMILES string of the molecule is COc1ccc(-c2oc3cc(OC)ccc3c2C(=O)CCc2cc(OC)c(OC)c(OC)c2)cc1. The Morgan fingerprint density at radius 2 is 1.37 bits per heavy atom. The van der Waals surface area contributed by atoms with Crippen LogP contribution in [0.5, 0.6) is 28.7 Å². The van der Waals surface area contributed by atoms with Gasteiger partial charge in [0, 0.05) is 23.4 Å².